The van der Waals surface area contributed by atoms with Crippen LogP contribution < -0.4 is 10.6 Å². The van der Waals surface area contributed by atoms with Crippen LogP contribution in [0.2, 0.25) is 0 Å². The maximum Gasteiger partial charge on any atom is 0.191 e. The predicted octanol–water partition coefficient (Wildman–Crippen LogP) is 3.01. The minimum absolute atomic E-state index is 0. The number of halogens is 1. The summed E-state index contributed by atoms with van der Waals surface area (Å²) < 4.78 is 11.1. The molecule has 0 aliphatic carbocycles. The van der Waals surface area contributed by atoms with E-state index in [0.29, 0.717) is 13.2 Å². The van der Waals surface area contributed by atoms with Crippen LogP contribution in [-0.2, 0) is 22.6 Å². The van der Waals surface area contributed by atoms with Gasteiger partial charge in [-0.05, 0) is 44.9 Å². The molecule has 6 nitrogen and oxygen atoms in total. The second-order valence-corrected chi connectivity index (χ2v) is 7.11. The molecule has 0 spiro atoms. The molecule has 0 bridgehead atoms. The van der Waals surface area contributed by atoms with Gasteiger partial charge in [0.25, 0.3) is 0 Å². The fourth-order valence-electron chi connectivity index (χ4n) is 2.93. The van der Waals surface area contributed by atoms with Gasteiger partial charge in [-0.25, -0.2) is 4.99 Å². The molecule has 28 heavy (non-hydrogen) atoms. The molecule has 0 aromatic heterocycles. The van der Waals surface area contributed by atoms with Gasteiger partial charge in [0.05, 0.1) is 32.5 Å². The van der Waals surface area contributed by atoms with Crippen molar-refractivity contribution in [3.05, 3.63) is 35.4 Å². The van der Waals surface area contributed by atoms with Crippen LogP contribution in [-0.4, -0.2) is 62.9 Å². The summed E-state index contributed by atoms with van der Waals surface area (Å²) in [6.07, 6.45) is 1.35. The number of hydrogen-bond donors (Lipinski definition) is 2. The summed E-state index contributed by atoms with van der Waals surface area (Å²) in [7, 11) is 0. The van der Waals surface area contributed by atoms with Crippen LogP contribution in [0.1, 0.15) is 38.3 Å². The van der Waals surface area contributed by atoms with Crippen LogP contribution in [0.15, 0.2) is 29.3 Å². The third-order valence-corrected chi connectivity index (χ3v) is 4.39. The molecule has 0 atom stereocenters. The number of hydrogen-bond acceptors (Lipinski definition) is 4. The van der Waals surface area contributed by atoms with Crippen molar-refractivity contribution in [3.63, 3.8) is 0 Å². The first-order valence-corrected chi connectivity index (χ1v) is 10.2. The topological polar surface area (TPSA) is 58.1 Å². The number of nitrogens with zero attached hydrogens (tertiary/aromatic N) is 2. The van der Waals surface area contributed by atoms with Crippen molar-refractivity contribution < 1.29 is 9.47 Å². The molecule has 7 heteroatoms. The van der Waals surface area contributed by atoms with Crippen molar-refractivity contribution in [1.82, 2.24) is 15.5 Å². The quantitative estimate of drug-likeness (QED) is 0.222. The Labute approximate surface area is 187 Å². The van der Waals surface area contributed by atoms with Gasteiger partial charge in [-0.15, -0.1) is 24.0 Å². The highest BCUT2D eigenvalue weighted by Gasteiger charge is 2.09. The number of morpholine rings is 1. The summed E-state index contributed by atoms with van der Waals surface area (Å²) in [6, 6.07) is 8.47. The molecule has 2 N–H and O–H groups in total. The van der Waals surface area contributed by atoms with Crippen molar-refractivity contribution in [2.24, 2.45) is 4.99 Å². The Hall–Kier alpha value is -0.900. The van der Waals surface area contributed by atoms with Gasteiger partial charge in [-0.3, -0.25) is 4.90 Å². The van der Waals surface area contributed by atoms with E-state index >= 15 is 0 Å². The highest BCUT2D eigenvalue weighted by Crippen LogP contribution is 2.09. The van der Waals surface area contributed by atoms with E-state index in [1.165, 1.54) is 11.1 Å². The second kappa shape index (κ2) is 15.0. The van der Waals surface area contributed by atoms with E-state index in [1.54, 1.807) is 0 Å². The van der Waals surface area contributed by atoms with Crippen LogP contribution in [0.5, 0.6) is 0 Å². The summed E-state index contributed by atoms with van der Waals surface area (Å²) in [5, 5.41) is 6.77. The number of ether oxygens (including phenoxy) is 2. The smallest absolute Gasteiger partial charge is 0.191 e. The normalized spacial score (nSPS) is 15.4. The molecular formula is C21H37IN4O2. The third-order valence-electron chi connectivity index (χ3n) is 4.39. The zero-order valence-corrected chi connectivity index (χ0v) is 19.9. The molecule has 0 radical (unpaired) electrons. The molecule has 0 unspecified atom stereocenters. The molecule has 0 saturated carbocycles. The zero-order valence-electron chi connectivity index (χ0n) is 17.6. The van der Waals surface area contributed by atoms with Crippen LogP contribution in [0.3, 0.4) is 0 Å². The highest BCUT2D eigenvalue weighted by atomic mass is 127. The number of guanidine groups is 1. The van der Waals surface area contributed by atoms with Crippen LogP contribution in [0.25, 0.3) is 0 Å². The molecule has 160 valence electrons. The van der Waals surface area contributed by atoms with Crippen molar-refractivity contribution in [2.45, 2.75) is 46.4 Å². The monoisotopic (exact) mass is 504 g/mol. The lowest BCUT2D eigenvalue weighted by Gasteiger charge is -2.26. The highest BCUT2D eigenvalue weighted by molar-refractivity contribution is 14.0. The molecule has 2 rings (SSSR count). The average molecular weight is 504 g/mol. The summed E-state index contributed by atoms with van der Waals surface area (Å²) in [5.74, 6) is 0.878. The second-order valence-electron chi connectivity index (χ2n) is 7.11. The number of benzene rings is 1. The van der Waals surface area contributed by atoms with Crippen molar-refractivity contribution in [3.8, 4) is 0 Å². The van der Waals surface area contributed by atoms with Crippen molar-refractivity contribution in [1.29, 1.82) is 0 Å². The fourth-order valence-corrected chi connectivity index (χ4v) is 2.93. The van der Waals surface area contributed by atoms with Crippen LogP contribution in [0.4, 0.5) is 0 Å². The molecule has 1 saturated heterocycles. The Morgan fingerprint density at radius 2 is 1.96 bits per heavy atom. The maximum atomic E-state index is 5.69. The molecule has 1 aliphatic heterocycles. The Morgan fingerprint density at radius 3 is 2.68 bits per heavy atom. The van der Waals surface area contributed by atoms with E-state index < -0.39 is 0 Å². The first kappa shape index (κ1) is 25.1. The van der Waals surface area contributed by atoms with Gasteiger partial charge < -0.3 is 20.1 Å². The zero-order chi connectivity index (χ0) is 19.3. The summed E-state index contributed by atoms with van der Waals surface area (Å²) in [4.78, 5) is 7.18. The molecule has 1 aliphatic rings. The molecule has 1 fully saturated rings. The summed E-state index contributed by atoms with van der Waals surface area (Å²) in [5.41, 5.74) is 2.39. The first-order chi connectivity index (χ1) is 13.2. The van der Waals surface area contributed by atoms with Gasteiger partial charge in [0.15, 0.2) is 5.96 Å². The van der Waals surface area contributed by atoms with E-state index in [9.17, 15) is 0 Å². The van der Waals surface area contributed by atoms with Crippen molar-refractivity contribution >= 4 is 29.9 Å². The minimum atomic E-state index is 0. The molecule has 1 aromatic carbocycles. The van der Waals surface area contributed by atoms with Crippen LogP contribution >= 0.6 is 24.0 Å². The SMILES string of the molecule is CCNC(=NCc1cccc(COC(C)C)c1)NCCCN1CCOCC1.I. The van der Waals surface area contributed by atoms with E-state index in [-0.39, 0.29) is 30.1 Å². The standard InChI is InChI=1S/C21H36N4O2.HI/c1-4-22-21(23-9-6-10-25-11-13-26-14-12-25)24-16-19-7-5-8-20(15-19)17-27-18(2)3;/h5,7-8,15,18H,4,6,9-14,16-17H2,1-3H3,(H2,22,23,24);1H. The Bertz CT molecular complexity index is 563. The van der Waals surface area contributed by atoms with E-state index in [4.69, 9.17) is 14.5 Å². The number of nitrogens with one attached hydrogen (secondary N) is 2. The van der Waals surface area contributed by atoms with Gasteiger partial charge >= 0.3 is 0 Å². The van der Waals surface area contributed by atoms with Gasteiger partial charge in [0.1, 0.15) is 0 Å². The summed E-state index contributed by atoms with van der Waals surface area (Å²) >= 11 is 0. The van der Waals surface area contributed by atoms with E-state index in [1.807, 2.05) is 0 Å². The largest absolute Gasteiger partial charge is 0.379 e. The Balaban J connectivity index is 0.00000392. The van der Waals surface area contributed by atoms with Gasteiger partial charge in [0, 0.05) is 26.2 Å². The molecule has 1 aromatic rings. The number of rotatable bonds is 10. The van der Waals surface area contributed by atoms with Gasteiger partial charge in [-0.1, -0.05) is 24.3 Å². The maximum absolute atomic E-state index is 5.69. The lowest BCUT2D eigenvalue weighted by Crippen LogP contribution is -2.40. The lowest BCUT2D eigenvalue weighted by atomic mass is 10.1. The van der Waals surface area contributed by atoms with Gasteiger partial charge in [0.2, 0.25) is 0 Å². The molecular weight excluding hydrogens is 467 g/mol. The summed E-state index contributed by atoms with van der Waals surface area (Å²) in [6.45, 7) is 14.2. The fraction of sp³-hybridized carbons (Fsp3) is 0.667. The van der Waals surface area contributed by atoms with E-state index in [2.05, 4.69) is 60.6 Å². The van der Waals surface area contributed by atoms with Crippen LogP contribution in [0, 0.1) is 0 Å². The predicted molar refractivity (Wildman–Crippen MR) is 126 cm³/mol. The first-order valence-electron chi connectivity index (χ1n) is 10.2. The van der Waals surface area contributed by atoms with E-state index in [0.717, 1.165) is 58.3 Å². The van der Waals surface area contributed by atoms with Crippen molar-refractivity contribution in [2.75, 3.05) is 45.9 Å². The minimum Gasteiger partial charge on any atom is -0.379 e. The number of aliphatic imine (C=N–C) groups is 1. The average Bonchev–Trinajstić information content (AvgIpc) is 2.69. The Kier molecular flexibility index (Phi) is 13.5. The lowest BCUT2D eigenvalue weighted by molar-refractivity contribution is 0.0376. The third kappa shape index (κ3) is 10.6. The molecule has 1 heterocycles. The Morgan fingerprint density at radius 1 is 1.21 bits per heavy atom. The molecule has 0 amide bonds. The van der Waals surface area contributed by atoms with Gasteiger partial charge in [-0.2, -0.15) is 0 Å².